The molecule has 7 rings (SSSR count). The molecule has 0 aliphatic carbocycles. The lowest BCUT2D eigenvalue weighted by molar-refractivity contribution is -0.387. The van der Waals surface area contributed by atoms with E-state index in [4.69, 9.17) is 39.8 Å². The number of amides is 2. The number of nitrogens with zero attached hydrogens (tertiary/aromatic N) is 5. The van der Waals surface area contributed by atoms with Gasteiger partial charge in [-0.3, -0.25) is 14.9 Å². The van der Waals surface area contributed by atoms with Gasteiger partial charge >= 0.3 is 29.8 Å². The maximum atomic E-state index is 14.3. The maximum absolute atomic E-state index is 14.3. The zero-order valence-corrected chi connectivity index (χ0v) is 38.6. The number of aromatic hydroxyl groups is 1. The number of aliphatic hydroxyl groups is 4. The molecule has 5 heterocycles. The molecule has 2 aromatic carbocycles. The molecule has 1 saturated heterocycles. The van der Waals surface area contributed by atoms with Gasteiger partial charge < -0.3 is 73.4 Å². The van der Waals surface area contributed by atoms with E-state index in [1.165, 1.54) is 23.7 Å². The second kappa shape index (κ2) is 21.3. The fraction of sp³-hybridized carbons (Fsp3) is 0.447. The number of benzene rings is 2. The molecule has 24 nitrogen and oxygen atoms in total. The van der Waals surface area contributed by atoms with Gasteiger partial charge in [0.25, 0.3) is 5.56 Å². The number of carbonyl (C=O) groups is 4. The van der Waals surface area contributed by atoms with Gasteiger partial charge in [0.05, 0.1) is 60.2 Å². The third-order valence-corrected chi connectivity index (χ3v) is 12.5. The van der Waals surface area contributed by atoms with Gasteiger partial charge in [-0.25, -0.2) is 24.2 Å². The van der Waals surface area contributed by atoms with Crippen molar-refractivity contribution in [3.8, 4) is 35.2 Å². The van der Waals surface area contributed by atoms with Crippen LogP contribution < -0.4 is 10.3 Å². The van der Waals surface area contributed by atoms with Crippen LogP contribution in [0, 0.1) is 22.5 Å². The minimum atomic E-state index is -2.12. The minimum Gasteiger partial charge on any atom is -0.508 e. The van der Waals surface area contributed by atoms with E-state index in [9.17, 15) is 64.7 Å². The van der Waals surface area contributed by atoms with Crippen LogP contribution in [0.2, 0.25) is 0 Å². The number of likely N-dealkylation sites (N-methyl/N-ethyl adjacent to an activating group) is 1. The number of hydrogen-bond acceptors (Lipinski definition) is 19. The molecule has 6 N–H and O–H groups in total. The summed E-state index contributed by atoms with van der Waals surface area (Å²) in [5.41, 5.74) is -0.0464. The molecule has 71 heavy (non-hydrogen) atoms. The molecule has 24 heteroatoms. The summed E-state index contributed by atoms with van der Waals surface area (Å²) in [4.78, 5) is 86.0. The number of phenols is 1. The number of phenolic OH excluding ortho intramolecular Hbond substituents is 1. The number of aliphatic hydroxyl groups excluding tert-OH is 4. The summed E-state index contributed by atoms with van der Waals surface area (Å²) in [5, 5.41) is 72.4. The Balaban J connectivity index is 1.10. The lowest BCUT2D eigenvalue weighted by atomic mass is 9.85. The number of carboxylic acids is 1. The van der Waals surface area contributed by atoms with Gasteiger partial charge in [0, 0.05) is 54.8 Å². The predicted molar refractivity (Wildman–Crippen MR) is 243 cm³/mol. The van der Waals surface area contributed by atoms with Gasteiger partial charge in [-0.1, -0.05) is 19.9 Å². The number of fused-ring (bicyclic) bond motifs is 5. The first-order chi connectivity index (χ1) is 33.9. The number of terminal acetylenes is 1. The Bertz CT molecular complexity index is 2850. The van der Waals surface area contributed by atoms with Crippen molar-refractivity contribution < 1.29 is 83.2 Å². The average Bonchev–Trinajstić information content (AvgIpc) is 3.71. The van der Waals surface area contributed by atoms with Crippen LogP contribution in [0.25, 0.3) is 22.3 Å². The Hall–Kier alpha value is -7.40. The number of carboxylic acid groups (broad SMARTS) is 1. The molecule has 4 aromatic rings. The van der Waals surface area contributed by atoms with Crippen molar-refractivity contribution in [3.63, 3.8) is 0 Å². The van der Waals surface area contributed by atoms with Crippen molar-refractivity contribution in [1.82, 2.24) is 19.4 Å². The summed E-state index contributed by atoms with van der Waals surface area (Å²) in [6.07, 6.45) is -7.83. The number of nitro groups is 1. The van der Waals surface area contributed by atoms with Gasteiger partial charge in [0.1, 0.15) is 36.8 Å². The number of aryl methyl sites for hydroxylation is 1. The number of esters is 1. The van der Waals surface area contributed by atoms with Crippen molar-refractivity contribution in [2.45, 2.75) is 88.7 Å². The molecule has 378 valence electrons. The van der Waals surface area contributed by atoms with E-state index in [1.54, 1.807) is 25.1 Å². The second-order valence-electron chi connectivity index (χ2n) is 16.8. The van der Waals surface area contributed by atoms with E-state index in [0.29, 0.717) is 23.3 Å². The van der Waals surface area contributed by atoms with Crippen LogP contribution in [0.4, 0.5) is 15.3 Å². The minimum absolute atomic E-state index is 0.00692. The number of aliphatic carboxylic acids is 1. The first-order valence-electron chi connectivity index (χ1n) is 22.4. The third-order valence-electron chi connectivity index (χ3n) is 12.5. The van der Waals surface area contributed by atoms with Crippen LogP contribution in [-0.4, -0.2) is 156 Å². The highest BCUT2D eigenvalue weighted by atomic mass is 16.7. The van der Waals surface area contributed by atoms with E-state index < -0.39 is 95.1 Å². The van der Waals surface area contributed by atoms with Crippen LogP contribution in [-0.2, 0) is 58.4 Å². The molecule has 2 aromatic heterocycles. The van der Waals surface area contributed by atoms with E-state index in [0.717, 1.165) is 38.4 Å². The molecule has 3 aliphatic heterocycles. The smallest absolute Gasteiger partial charge is 0.411 e. The Kier molecular flexibility index (Phi) is 15.4. The van der Waals surface area contributed by atoms with Gasteiger partial charge in [-0.2, -0.15) is 0 Å². The fourth-order valence-corrected chi connectivity index (χ4v) is 8.72. The summed E-state index contributed by atoms with van der Waals surface area (Å²) in [6, 6.07) is 9.64. The zero-order valence-electron chi connectivity index (χ0n) is 38.6. The van der Waals surface area contributed by atoms with Crippen LogP contribution >= 0.6 is 0 Å². The number of aromatic nitrogens is 2. The molecular weight excluding hydrogens is 939 g/mol. The third kappa shape index (κ3) is 10.0. The summed E-state index contributed by atoms with van der Waals surface area (Å²) in [6.45, 7) is 2.10. The highest BCUT2D eigenvalue weighted by Gasteiger charge is 2.52. The summed E-state index contributed by atoms with van der Waals surface area (Å²) in [7, 11) is 1.32. The molecule has 3 aliphatic rings. The molecule has 2 amide bonds. The largest absolute Gasteiger partial charge is 0.508 e. The summed E-state index contributed by atoms with van der Waals surface area (Å²) < 4.78 is 34.7. The fourth-order valence-electron chi connectivity index (χ4n) is 8.72. The molecule has 1 fully saturated rings. The lowest BCUT2D eigenvalue weighted by Gasteiger charge is -2.38. The Morgan fingerprint density at radius 1 is 1.03 bits per heavy atom. The van der Waals surface area contributed by atoms with Crippen molar-refractivity contribution >= 4 is 40.7 Å². The molecule has 0 bridgehead atoms. The Morgan fingerprint density at radius 3 is 2.46 bits per heavy atom. The van der Waals surface area contributed by atoms with E-state index in [1.807, 2.05) is 6.92 Å². The Labute approximate surface area is 403 Å². The van der Waals surface area contributed by atoms with Gasteiger partial charge in [-0.05, 0) is 48.7 Å². The highest BCUT2D eigenvalue weighted by Crippen LogP contribution is 2.43. The van der Waals surface area contributed by atoms with E-state index in [2.05, 4.69) is 5.92 Å². The van der Waals surface area contributed by atoms with Crippen molar-refractivity contribution in [2.75, 3.05) is 46.5 Å². The normalized spacial score (nSPS) is 21.4. The second-order valence-corrected chi connectivity index (χ2v) is 16.8. The summed E-state index contributed by atoms with van der Waals surface area (Å²) >= 11 is 0. The first kappa shape index (κ1) is 51.5. The van der Waals surface area contributed by atoms with Crippen LogP contribution in [0.1, 0.15) is 60.6 Å². The topological polar surface area (TPSA) is 330 Å². The van der Waals surface area contributed by atoms with Crippen LogP contribution in [0.15, 0.2) is 47.3 Å². The summed E-state index contributed by atoms with van der Waals surface area (Å²) in [5.74, 6) is -0.795. The number of pyridine rings is 2. The van der Waals surface area contributed by atoms with Gasteiger partial charge in [0.15, 0.2) is 11.9 Å². The molecule has 0 radical (unpaired) electrons. The van der Waals surface area contributed by atoms with Gasteiger partial charge in [-0.15, -0.1) is 12.3 Å². The molecule has 7 atom stereocenters. The predicted octanol–water partition coefficient (Wildman–Crippen LogP) is 1.82. The number of rotatable bonds is 18. The number of ether oxygens (including phenoxy) is 6. The highest BCUT2D eigenvalue weighted by molar-refractivity contribution is 5.90. The number of nitro benzene ring substituents is 1. The SMILES string of the molecule is C#CCC(OC(=O)N(C)CCN(CCOCCO)C(=O)O[C@]1(CC)C(=O)OCc2c1cc1n(c2=O)Cc2c-1nc1ccc(O)cc1c2CC)c1ccc(OC2OC(C(=O)O)C(O)C(O)C2O)c([N+](=O)[O-])c1. The van der Waals surface area contributed by atoms with Crippen LogP contribution in [0.3, 0.4) is 0 Å². The number of hydrogen-bond donors (Lipinski definition) is 6. The van der Waals surface area contributed by atoms with Crippen molar-refractivity contribution in [1.29, 1.82) is 0 Å². The van der Waals surface area contributed by atoms with Crippen molar-refractivity contribution in [2.24, 2.45) is 0 Å². The number of cyclic esters (lactones) is 1. The first-order valence-corrected chi connectivity index (χ1v) is 22.4. The molecule has 0 saturated carbocycles. The van der Waals surface area contributed by atoms with E-state index >= 15 is 0 Å². The maximum Gasteiger partial charge on any atom is 0.411 e. The Morgan fingerprint density at radius 2 is 1.79 bits per heavy atom. The van der Waals surface area contributed by atoms with Crippen molar-refractivity contribution in [3.05, 3.63) is 90.7 Å². The molecular formula is C47H51N5O19. The molecule has 6 unspecified atom stereocenters. The van der Waals surface area contributed by atoms with E-state index in [-0.39, 0.29) is 81.3 Å². The van der Waals surface area contributed by atoms with Gasteiger partial charge in [0.2, 0.25) is 11.9 Å². The zero-order chi connectivity index (χ0) is 51.5. The standard InChI is InChI=1S/C47H51N5O19/c1-5-8-34(24-9-12-35(32(19-24)52(64)65)68-43-39(57)37(55)38(56)40(70-43)42(59)60)69-45(62)49(4)13-14-50(15-17-66-18-16-53)46(63)71-47(7-3)30-21-33-36-28(22-51(33)41(58)29(30)23-67-44(47)61)26(6-2)27-20-25(54)10-11-31(27)48-36/h1,9-12,19-21,34,37-40,43,53-57H,6-8,13-18,22-23H2,2-4H3,(H,59,60)/t34?,37?,38?,39?,40?,43?,47-/m0/s1. The quantitative estimate of drug-likeness (QED) is 0.0182. The number of carbonyl (C=O) groups excluding carboxylic acids is 3. The monoisotopic (exact) mass is 989 g/mol. The van der Waals surface area contributed by atoms with Crippen LogP contribution in [0.5, 0.6) is 11.5 Å². The average molecular weight is 990 g/mol. The lowest BCUT2D eigenvalue weighted by Crippen LogP contribution is -2.61. The molecule has 0 spiro atoms.